The minimum absolute atomic E-state index is 0.323. The van der Waals surface area contributed by atoms with E-state index in [0.29, 0.717) is 11.1 Å². The Labute approximate surface area is 191 Å². The van der Waals surface area contributed by atoms with E-state index in [1.165, 1.54) is 6.07 Å². The van der Waals surface area contributed by atoms with Gasteiger partial charge in [0.2, 0.25) is 5.69 Å². The third-order valence-electron chi connectivity index (χ3n) is 8.02. The van der Waals surface area contributed by atoms with Crippen molar-refractivity contribution in [1.82, 2.24) is 0 Å². The lowest BCUT2D eigenvalue weighted by Crippen LogP contribution is -2.69. The van der Waals surface area contributed by atoms with Crippen molar-refractivity contribution in [3.05, 3.63) is 47.2 Å². The Morgan fingerprint density at radius 1 is 1.06 bits per heavy atom. The molecule has 2 heterocycles. The second-order valence-electron chi connectivity index (χ2n) is 9.27. The fourth-order valence-corrected chi connectivity index (χ4v) is 5.83. The summed E-state index contributed by atoms with van der Waals surface area (Å²) in [4.78, 5) is 2.19. The number of aromatic nitrogens is 1. The highest BCUT2D eigenvalue weighted by atomic mass is 19.1. The number of nitrogens with zero attached hydrogens (tertiary/aromatic N) is 3. The van der Waals surface area contributed by atoms with Crippen LogP contribution in [0.1, 0.15) is 84.3 Å². The molecule has 172 valence electrons. The van der Waals surface area contributed by atoms with Crippen LogP contribution in [0.2, 0.25) is 0 Å². The predicted octanol–water partition coefficient (Wildman–Crippen LogP) is 6.61. The van der Waals surface area contributed by atoms with Crippen molar-refractivity contribution < 1.29 is 13.3 Å². The molecule has 1 aliphatic rings. The Kier molecular flexibility index (Phi) is 6.93. The quantitative estimate of drug-likeness (QED) is 0.341. The van der Waals surface area contributed by atoms with Crippen molar-refractivity contribution in [3.8, 4) is 17.3 Å². The zero-order valence-corrected chi connectivity index (χ0v) is 20.4. The van der Waals surface area contributed by atoms with Gasteiger partial charge >= 0.3 is 0 Å². The van der Waals surface area contributed by atoms with E-state index in [0.717, 1.165) is 56.5 Å². The molecule has 1 aromatic heterocycles. The van der Waals surface area contributed by atoms with E-state index < -0.39 is 22.6 Å². The zero-order chi connectivity index (χ0) is 23.7. The average Bonchev–Trinajstić information content (AvgIpc) is 2.79. The lowest BCUT2D eigenvalue weighted by atomic mass is 9.58. The number of anilines is 1. The highest BCUT2D eigenvalue weighted by molar-refractivity contribution is 5.71. The van der Waals surface area contributed by atoms with Crippen LogP contribution < -0.4 is 9.47 Å². The number of fused-ring (bicyclic) bond motifs is 3. The molecule has 1 aliphatic heterocycles. The first-order valence-electron chi connectivity index (χ1n) is 12.0. The molecule has 0 radical (unpaired) electrons. The minimum Gasteiger partial charge on any atom is -0.374 e. The van der Waals surface area contributed by atoms with Crippen LogP contribution in [0.5, 0.6) is 0 Å². The summed E-state index contributed by atoms with van der Waals surface area (Å²) in [5, 5.41) is 9.45. The van der Waals surface area contributed by atoms with Crippen molar-refractivity contribution >= 4 is 5.69 Å². The first kappa shape index (κ1) is 24.2. The minimum atomic E-state index is -0.772. The van der Waals surface area contributed by atoms with Crippen LogP contribution in [0.25, 0.3) is 11.3 Å². The van der Waals surface area contributed by atoms with Gasteiger partial charge in [-0.15, -0.1) is 0 Å². The number of rotatable bonds is 8. The average molecular weight is 441 g/mol. The number of benzene rings is 1. The molecular formula is C27H36F2N3+. The third-order valence-corrected chi connectivity index (χ3v) is 8.02. The third kappa shape index (κ3) is 3.39. The molecule has 0 N–H and O–H groups in total. The molecule has 5 heteroatoms. The summed E-state index contributed by atoms with van der Waals surface area (Å²) >= 11 is 0. The number of halogens is 2. The van der Waals surface area contributed by atoms with Gasteiger partial charge in [-0.1, -0.05) is 40.5 Å². The van der Waals surface area contributed by atoms with Crippen LogP contribution in [0.15, 0.2) is 24.4 Å². The lowest BCUT2D eigenvalue weighted by Gasteiger charge is -2.47. The van der Waals surface area contributed by atoms with Gasteiger partial charge < -0.3 is 4.90 Å². The Morgan fingerprint density at radius 3 is 2.31 bits per heavy atom. The van der Waals surface area contributed by atoms with Gasteiger partial charge in [0.1, 0.15) is 17.4 Å². The van der Waals surface area contributed by atoms with Crippen molar-refractivity contribution in [2.45, 2.75) is 84.1 Å². The second-order valence-corrected chi connectivity index (χ2v) is 9.27. The van der Waals surface area contributed by atoms with Gasteiger partial charge in [0.25, 0.3) is 0 Å². The van der Waals surface area contributed by atoms with Crippen LogP contribution in [0, 0.1) is 23.0 Å². The van der Waals surface area contributed by atoms with E-state index in [4.69, 9.17) is 0 Å². The normalized spacial score (nSPS) is 18.6. The standard InChI is InChI=1S/C27H36F2N3/c1-7-11-12-14-31(6)19-13-15-32-23(16-19)24-21(17-22(28)20(18-30)25(24)29)26(5,8-2)27(32,9-3)10-4/h13,15-17H,7-12,14H2,1-6H3/q+1. The van der Waals surface area contributed by atoms with Crippen molar-refractivity contribution in [1.29, 1.82) is 5.26 Å². The highest BCUT2D eigenvalue weighted by Gasteiger charge is 2.59. The van der Waals surface area contributed by atoms with Crippen LogP contribution in [0.3, 0.4) is 0 Å². The molecule has 0 spiro atoms. The molecule has 3 nitrogen and oxygen atoms in total. The Morgan fingerprint density at radius 2 is 1.75 bits per heavy atom. The van der Waals surface area contributed by atoms with Gasteiger partial charge in [-0.2, -0.15) is 9.83 Å². The van der Waals surface area contributed by atoms with Crippen LogP contribution >= 0.6 is 0 Å². The fraction of sp³-hybridized carbons (Fsp3) is 0.556. The molecule has 0 bridgehead atoms. The molecule has 0 amide bonds. The van der Waals surface area contributed by atoms with Crippen molar-refractivity contribution in [2.75, 3.05) is 18.5 Å². The summed E-state index contributed by atoms with van der Waals surface area (Å²) in [5.74, 6) is -1.52. The van der Waals surface area contributed by atoms with E-state index in [1.807, 2.05) is 6.07 Å². The maximum absolute atomic E-state index is 15.7. The van der Waals surface area contributed by atoms with Gasteiger partial charge in [0.05, 0.1) is 11.0 Å². The maximum Gasteiger partial charge on any atom is 0.218 e. The molecule has 2 aromatic rings. The summed E-state index contributed by atoms with van der Waals surface area (Å²) in [6.07, 6.45) is 7.88. The van der Waals surface area contributed by atoms with Gasteiger partial charge in [0, 0.05) is 44.3 Å². The van der Waals surface area contributed by atoms with E-state index >= 15 is 4.39 Å². The Balaban J connectivity index is 2.35. The number of pyridine rings is 1. The highest BCUT2D eigenvalue weighted by Crippen LogP contribution is 2.52. The fourth-order valence-electron chi connectivity index (χ4n) is 5.83. The van der Waals surface area contributed by atoms with E-state index in [1.54, 1.807) is 6.07 Å². The summed E-state index contributed by atoms with van der Waals surface area (Å²) in [5.41, 5.74) is 1.46. The van der Waals surface area contributed by atoms with E-state index in [-0.39, 0.29) is 5.54 Å². The zero-order valence-electron chi connectivity index (χ0n) is 20.4. The van der Waals surface area contributed by atoms with Crippen LogP contribution in [-0.4, -0.2) is 13.6 Å². The maximum atomic E-state index is 15.7. The second kappa shape index (κ2) is 9.17. The molecule has 1 unspecified atom stereocenters. The molecule has 32 heavy (non-hydrogen) atoms. The molecule has 1 aromatic carbocycles. The van der Waals surface area contributed by atoms with Gasteiger partial charge in [-0.3, -0.25) is 0 Å². The predicted molar refractivity (Wildman–Crippen MR) is 126 cm³/mol. The molecule has 1 atom stereocenters. The summed E-state index contributed by atoms with van der Waals surface area (Å²) in [6.45, 7) is 11.6. The van der Waals surface area contributed by atoms with Crippen molar-refractivity contribution in [3.63, 3.8) is 0 Å². The monoisotopic (exact) mass is 440 g/mol. The lowest BCUT2D eigenvalue weighted by molar-refractivity contribution is -0.769. The Bertz CT molecular complexity index is 1040. The molecule has 0 saturated heterocycles. The van der Waals surface area contributed by atoms with Crippen LogP contribution in [0.4, 0.5) is 14.5 Å². The smallest absolute Gasteiger partial charge is 0.218 e. The largest absolute Gasteiger partial charge is 0.374 e. The number of hydrogen-bond donors (Lipinski definition) is 0. The first-order valence-corrected chi connectivity index (χ1v) is 12.0. The van der Waals surface area contributed by atoms with Crippen molar-refractivity contribution in [2.24, 2.45) is 0 Å². The van der Waals surface area contributed by atoms with Crippen LogP contribution in [-0.2, 0) is 11.0 Å². The first-order chi connectivity index (χ1) is 15.3. The molecule has 0 fully saturated rings. The molecular weight excluding hydrogens is 404 g/mol. The summed E-state index contributed by atoms with van der Waals surface area (Å²) in [6, 6.07) is 7.28. The Hall–Kier alpha value is -2.48. The molecule has 3 rings (SSSR count). The number of nitriles is 1. The summed E-state index contributed by atoms with van der Waals surface area (Å²) in [7, 11) is 2.05. The van der Waals surface area contributed by atoms with E-state index in [9.17, 15) is 9.65 Å². The number of hydrogen-bond acceptors (Lipinski definition) is 2. The molecule has 0 aliphatic carbocycles. The van der Waals surface area contributed by atoms with E-state index in [2.05, 4.69) is 63.4 Å². The molecule has 0 saturated carbocycles. The topological polar surface area (TPSA) is 30.9 Å². The van der Waals surface area contributed by atoms with Gasteiger partial charge in [-0.25, -0.2) is 8.78 Å². The van der Waals surface area contributed by atoms with Gasteiger partial charge in [-0.05, 0) is 31.4 Å². The summed E-state index contributed by atoms with van der Waals surface area (Å²) < 4.78 is 32.8. The van der Waals surface area contributed by atoms with Gasteiger partial charge in [0.15, 0.2) is 17.6 Å². The number of unbranched alkanes of at least 4 members (excludes halogenated alkanes) is 2. The SMILES string of the molecule is CCCCCN(C)c1cc[n+]2c(c1)-c1c(cc(F)c(C#N)c1F)C(C)(CC)C2(CC)CC.